The summed E-state index contributed by atoms with van der Waals surface area (Å²) in [4.78, 5) is 14.4. The number of rotatable bonds is 6. The first-order valence-corrected chi connectivity index (χ1v) is 9.23. The highest BCUT2D eigenvalue weighted by atomic mass is 32.1. The van der Waals surface area contributed by atoms with Crippen LogP contribution < -0.4 is 5.32 Å². The second-order valence-electron chi connectivity index (χ2n) is 5.99. The van der Waals surface area contributed by atoms with Gasteiger partial charge in [0, 0.05) is 22.8 Å². The number of hydrogen-bond acceptors (Lipinski definition) is 6. The topological polar surface area (TPSA) is 85.8 Å². The summed E-state index contributed by atoms with van der Waals surface area (Å²) in [5.41, 5.74) is 1.65. The van der Waals surface area contributed by atoms with Crippen molar-refractivity contribution in [2.75, 3.05) is 0 Å². The third-order valence-corrected chi connectivity index (χ3v) is 4.93. The van der Waals surface area contributed by atoms with Crippen molar-refractivity contribution in [2.24, 2.45) is 0 Å². The molecule has 1 aromatic carbocycles. The molecule has 0 aliphatic carbocycles. The average molecular weight is 379 g/mol. The summed E-state index contributed by atoms with van der Waals surface area (Å²) in [5, 5.41) is 15.0. The van der Waals surface area contributed by atoms with Crippen LogP contribution in [0.3, 0.4) is 0 Å². The standard InChI is InChI=1S/C19H17N5O2S/c1-13-3-8-16(27-13)19-23-22-17(26-19)11-20-18(25)15-6-4-14(5-7-15)12-24-10-2-9-21-24/h2-10H,11-12H2,1H3,(H,20,25). The molecule has 0 fully saturated rings. The Bertz CT molecular complexity index is 1030. The predicted octanol–water partition coefficient (Wildman–Crippen LogP) is 3.28. The summed E-state index contributed by atoms with van der Waals surface area (Å²) in [7, 11) is 0. The molecule has 27 heavy (non-hydrogen) atoms. The third kappa shape index (κ3) is 4.12. The van der Waals surface area contributed by atoms with Crippen LogP contribution in [0.5, 0.6) is 0 Å². The maximum atomic E-state index is 12.3. The molecular formula is C19H17N5O2S. The molecule has 3 heterocycles. The van der Waals surface area contributed by atoms with Gasteiger partial charge >= 0.3 is 0 Å². The van der Waals surface area contributed by atoms with Crippen LogP contribution in [0.2, 0.25) is 0 Å². The monoisotopic (exact) mass is 379 g/mol. The van der Waals surface area contributed by atoms with E-state index >= 15 is 0 Å². The molecule has 0 aliphatic rings. The lowest BCUT2D eigenvalue weighted by atomic mass is 10.1. The first-order valence-electron chi connectivity index (χ1n) is 8.41. The Morgan fingerprint density at radius 2 is 2.04 bits per heavy atom. The Hall–Kier alpha value is -3.26. The minimum Gasteiger partial charge on any atom is -0.418 e. The molecule has 3 aromatic heterocycles. The van der Waals surface area contributed by atoms with Gasteiger partial charge in [-0.25, -0.2) is 0 Å². The highest BCUT2D eigenvalue weighted by Gasteiger charge is 2.12. The van der Waals surface area contributed by atoms with Gasteiger partial charge in [-0.1, -0.05) is 12.1 Å². The van der Waals surface area contributed by atoms with Crippen LogP contribution in [-0.2, 0) is 13.1 Å². The van der Waals surface area contributed by atoms with Gasteiger partial charge in [-0.15, -0.1) is 21.5 Å². The lowest BCUT2D eigenvalue weighted by molar-refractivity contribution is 0.0947. The summed E-state index contributed by atoms with van der Waals surface area (Å²) in [6.45, 7) is 2.87. The van der Waals surface area contributed by atoms with Gasteiger partial charge in [0.2, 0.25) is 5.89 Å². The smallest absolute Gasteiger partial charge is 0.257 e. The molecule has 7 nitrogen and oxygen atoms in total. The lowest BCUT2D eigenvalue weighted by Gasteiger charge is -2.05. The highest BCUT2D eigenvalue weighted by Crippen LogP contribution is 2.26. The maximum Gasteiger partial charge on any atom is 0.257 e. The van der Waals surface area contributed by atoms with E-state index in [0.717, 1.165) is 10.4 Å². The van der Waals surface area contributed by atoms with Crippen molar-refractivity contribution in [1.82, 2.24) is 25.3 Å². The van der Waals surface area contributed by atoms with Gasteiger partial charge < -0.3 is 9.73 Å². The van der Waals surface area contributed by atoms with Gasteiger partial charge in [0.25, 0.3) is 11.8 Å². The molecule has 0 bridgehead atoms. The van der Waals surface area contributed by atoms with E-state index in [4.69, 9.17) is 4.42 Å². The molecule has 0 spiro atoms. The summed E-state index contributed by atoms with van der Waals surface area (Å²) >= 11 is 1.59. The van der Waals surface area contributed by atoms with Crippen LogP contribution >= 0.6 is 11.3 Å². The normalized spacial score (nSPS) is 10.9. The molecule has 4 rings (SSSR count). The van der Waals surface area contributed by atoms with E-state index < -0.39 is 0 Å². The molecular weight excluding hydrogens is 362 g/mol. The lowest BCUT2D eigenvalue weighted by Crippen LogP contribution is -2.22. The van der Waals surface area contributed by atoms with E-state index in [1.807, 2.05) is 48.1 Å². The largest absolute Gasteiger partial charge is 0.418 e. The van der Waals surface area contributed by atoms with Gasteiger partial charge in [-0.05, 0) is 42.8 Å². The molecule has 0 saturated carbocycles. The first-order chi connectivity index (χ1) is 13.2. The van der Waals surface area contributed by atoms with Crippen molar-refractivity contribution in [3.63, 3.8) is 0 Å². The Balaban J connectivity index is 1.34. The SMILES string of the molecule is Cc1ccc(-c2nnc(CNC(=O)c3ccc(Cn4cccn4)cc3)o2)s1. The van der Waals surface area contributed by atoms with E-state index in [1.54, 1.807) is 29.7 Å². The highest BCUT2D eigenvalue weighted by molar-refractivity contribution is 7.15. The molecule has 1 N–H and O–H groups in total. The van der Waals surface area contributed by atoms with Crippen molar-refractivity contribution in [2.45, 2.75) is 20.0 Å². The molecule has 0 atom stereocenters. The molecule has 0 saturated heterocycles. The number of carbonyl (C=O) groups is 1. The Morgan fingerprint density at radius 1 is 1.19 bits per heavy atom. The summed E-state index contributed by atoms with van der Waals surface area (Å²) in [6, 6.07) is 13.2. The number of aromatic nitrogens is 4. The van der Waals surface area contributed by atoms with Crippen LogP contribution in [0.15, 0.2) is 59.3 Å². The number of nitrogens with zero attached hydrogens (tertiary/aromatic N) is 4. The zero-order chi connectivity index (χ0) is 18.6. The maximum absolute atomic E-state index is 12.3. The fourth-order valence-electron chi connectivity index (χ4n) is 2.57. The number of aryl methyl sites for hydroxylation is 1. The summed E-state index contributed by atoms with van der Waals surface area (Å²) in [5.74, 6) is 0.660. The molecule has 0 unspecified atom stereocenters. The Kier molecular flexibility index (Phi) is 4.80. The quantitative estimate of drug-likeness (QED) is 0.556. The van der Waals surface area contributed by atoms with Gasteiger partial charge in [0.1, 0.15) is 0 Å². The summed E-state index contributed by atoms with van der Waals surface area (Å²) in [6.07, 6.45) is 3.64. The van der Waals surface area contributed by atoms with E-state index in [1.165, 1.54) is 4.88 Å². The van der Waals surface area contributed by atoms with Crippen molar-refractivity contribution in [1.29, 1.82) is 0 Å². The van der Waals surface area contributed by atoms with Crippen LogP contribution in [0.4, 0.5) is 0 Å². The fraction of sp³-hybridized carbons (Fsp3) is 0.158. The molecule has 0 aliphatic heterocycles. The van der Waals surface area contributed by atoms with Crippen molar-refractivity contribution in [3.05, 3.63) is 76.8 Å². The van der Waals surface area contributed by atoms with Crippen LogP contribution in [0.25, 0.3) is 10.8 Å². The molecule has 0 radical (unpaired) electrons. The van der Waals surface area contributed by atoms with Crippen LogP contribution in [0.1, 0.15) is 26.7 Å². The van der Waals surface area contributed by atoms with E-state index in [-0.39, 0.29) is 12.5 Å². The number of nitrogens with one attached hydrogen (secondary N) is 1. The first kappa shape index (κ1) is 17.2. The number of carbonyl (C=O) groups excluding carboxylic acids is 1. The number of hydrogen-bond donors (Lipinski definition) is 1. The zero-order valence-electron chi connectivity index (χ0n) is 14.6. The minimum atomic E-state index is -0.188. The minimum absolute atomic E-state index is 0.186. The van der Waals surface area contributed by atoms with Crippen LogP contribution in [0, 0.1) is 6.92 Å². The van der Waals surface area contributed by atoms with E-state index in [9.17, 15) is 4.79 Å². The molecule has 1 amide bonds. The third-order valence-electron chi connectivity index (χ3n) is 3.94. The second kappa shape index (κ2) is 7.55. The number of thiophene rings is 1. The van der Waals surface area contributed by atoms with Crippen molar-refractivity contribution in [3.8, 4) is 10.8 Å². The van der Waals surface area contributed by atoms with Gasteiger partial charge in [-0.2, -0.15) is 5.10 Å². The van der Waals surface area contributed by atoms with E-state index in [2.05, 4.69) is 20.6 Å². The number of benzene rings is 1. The van der Waals surface area contributed by atoms with Gasteiger partial charge in [0.05, 0.1) is 18.0 Å². The molecule has 8 heteroatoms. The Labute approximate surface area is 159 Å². The van der Waals surface area contributed by atoms with Crippen LogP contribution in [-0.4, -0.2) is 25.9 Å². The van der Waals surface area contributed by atoms with Gasteiger partial charge in [0.15, 0.2) is 0 Å². The average Bonchev–Trinajstić information content (AvgIpc) is 3.42. The molecule has 4 aromatic rings. The van der Waals surface area contributed by atoms with E-state index in [0.29, 0.717) is 23.9 Å². The zero-order valence-corrected chi connectivity index (χ0v) is 15.4. The van der Waals surface area contributed by atoms with Crippen molar-refractivity contribution >= 4 is 17.2 Å². The summed E-state index contributed by atoms with van der Waals surface area (Å²) < 4.78 is 7.44. The molecule has 136 valence electrons. The predicted molar refractivity (Wildman–Crippen MR) is 101 cm³/mol. The van der Waals surface area contributed by atoms with Crippen molar-refractivity contribution < 1.29 is 9.21 Å². The number of amides is 1. The fourth-order valence-corrected chi connectivity index (χ4v) is 3.36. The Morgan fingerprint density at radius 3 is 2.74 bits per heavy atom. The van der Waals surface area contributed by atoms with Gasteiger partial charge in [-0.3, -0.25) is 9.48 Å². The second-order valence-corrected chi connectivity index (χ2v) is 7.28.